The molecule has 1 fully saturated rings. The minimum atomic E-state index is -4.50. The predicted octanol–water partition coefficient (Wildman–Crippen LogP) is 2.97. The second-order valence-corrected chi connectivity index (χ2v) is 5.75. The van der Waals surface area contributed by atoms with Crippen LogP contribution in [0.15, 0.2) is 17.1 Å². The lowest BCUT2D eigenvalue weighted by atomic mass is 10.0. The minimum absolute atomic E-state index is 0.148. The minimum Gasteiger partial charge on any atom is -0.379 e. The number of hydrogen-bond acceptors (Lipinski definition) is 3. The van der Waals surface area contributed by atoms with Crippen molar-refractivity contribution in [1.29, 1.82) is 0 Å². The molecular weight excluding hydrogens is 299 g/mol. The zero-order valence-corrected chi connectivity index (χ0v) is 12.8. The standard InChI is InChI=1S/C15H20F3NO3/c1-9(2)11-6-10(15(16,17)18)7-19(14(11)20)12-8-22-5-4-13(12)21-3/h6-7,9,12-13H,4-5,8H2,1-3H3. The van der Waals surface area contributed by atoms with Gasteiger partial charge >= 0.3 is 6.18 Å². The van der Waals surface area contributed by atoms with Crippen LogP contribution in [0.2, 0.25) is 0 Å². The zero-order valence-electron chi connectivity index (χ0n) is 12.8. The van der Waals surface area contributed by atoms with Crippen molar-refractivity contribution < 1.29 is 22.6 Å². The average Bonchev–Trinajstić information content (AvgIpc) is 2.46. The highest BCUT2D eigenvalue weighted by Crippen LogP contribution is 2.31. The molecule has 2 rings (SSSR count). The van der Waals surface area contributed by atoms with Crippen LogP contribution >= 0.6 is 0 Å². The number of methoxy groups -OCH3 is 1. The second-order valence-electron chi connectivity index (χ2n) is 5.75. The topological polar surface area (TPSA) is 40.5 Å². The van der Waals surface area contributed by atoms with E-state index in [9.17, 15) is 18.0 Å². The molecule has 2 heterocycles. The summed E-state index contributed by atoms with van der Waals surface area (Å²) in [7, 11) is 1.49. The van der Waals surface area contributed by atoms with E-state index in [2.05, 4.69) is 0 Å². The molecule has 2 atom stereocenters. The number of rotatable bonds is 3. The molecular formula is C15H20F3NO3. The first kappa shape index (κ1) is 17.0. The highest BCUT2D eigenvalue weighted by Gasteiger charge is 2.35. The van der Waals surface area contributed by atoms with E-state index in [4.69, 9.17) is 9.47 Å². The summed E-state index contributed by atoms with van der Waals surface area (Å²) in [5, 5.41) is 0. The first-order valence-corrected chi connectivity index (χ1v) is 7.19. The van der Waals surface area contributed by atoms with Crippen molar-refractivity contribution >= 4 is 0 Å². The highest BCUT2D eigenvalue weighted by atomic mass is 19.4. The lowest BCUT2D eigenvalue weighted by Gasteiger charge is -2.32. The largest absolute Gasteiger partial charge is 0.417 e. The van der Waals surface area contributed by atoms with Gasteiger partial charge in [-0.15, -0.1) is 0 Å². The van der Waals surface area contributed by atoms with E-state index in [0.717, 1.165) is 16.8 Å². The first-order chi connectivity index (χ1) is 10.3. The number of pyridine rings is 1. The van der Waals surface area contributed by atoms with E-state index in [0.29, 0.717) is 13.0 Å². The van der Waals surface area contributed by atoms with Crippen LogP contribution in [0.25, 0.3) is 0 Å². The number of nitrogens with zero attached hydrogens (tertiary/aromatic N) is 1. The highest BCUT2D eigenvalue weighted by molar-refractivity contribution is 5.25. The summed E-state index contributed by atoms with van der Waals surface area (Å²) in [5.74, 6) is -0.299. The Morgan fingerprint density at radius 2 is 2.09 bits per heavy atom. The molecule has 1 saturated heterocycles. The molecule has 0 aliphatic carbocycles. The van der Waals surface area contributed by atoms with Gasteiger partial charge in [-0.1, -0.05) is 13.8 Å². The molecule has 0 bridgehead atoms. The number of ether oxygens (including phenoxy) is 2. The lowest BCUT2D eigenvalue weighted by Crippen LogP contribution is -2.41. The van der Waals surface area contributed by atoms with E-state index in [1.54, 1.807) is 13.8 Å². The van der Waals surface area contributed by atoms with Gasteiger partial charge in [0.25, 0.3) is 5.56 Å². The van der Waals surface area contributed by atoms with Gasteiger partial charge < -0.3 is 14.0 Å². The van der Waals surface area contributed by atoms with Gasteiger partial charge in [-0.05, 0) is 18.4 Å². The molecule has 1 aliphatic rings. The van der Waals surface area contributed by atoms with Crippen LogP contribution in [0.5, 0.6) is 0 Å². The van der Waals surface area contributed by atoms with Crippen molar-refractivity contribution in [3.8, 4) is 0 Å². The molecule has 1 aromatic rings. The van der Waals surface area contributed by atoms with Crippen molar-refractivity contribution in [3.63, 3.8) is 0 Å². The smallest absolute Gasteiger partial charge is 0.379 e. The summed E-state index contributed by atoms with van der Waals surface area (Å²) in [4.78, 5) is 12.5. The van der Waals surface area contributed by atoms with E-state index < -0.39 is 23.3 Å². The van der Waals surface area contributed by atoms with Crippen molar-refractivity contribution in [3.05, 3.63) is 33.7 Å². The zero-order chi connectivity index (χ0) is 16.5. The Bertz CT molecular complexity index is 580. The third-order valence-electron chi connectivity index (χ3n) is 3.94. The molecule has 0 saturated carbocycles. The van der Waals surface area contributed by atoms with Crippen LogP contribution in [-0.4, -0.2) is 31.0 Å². The monoisotopic (exact) mass is 319 g/mol. The molecule has 4 nitrogen and oxygen atoms in total. The third kappa shape index (κ3) is 3.35. The summed E-state index contributed by atoms with van der Waals surface area (Å²) >= 11 is 0. The van der Waals surface area contributed by atoms with Gasteiger partial charge in [0.2, 0.25) is 0 Å². The van der Waals surface area contributed by atoms with Gasteiger partial charge in [0.05, 0.1) is 24.3 Å². The van der Waals surface area contributed by atoms with Crippen LogP contribution < -0.4 is 5.56 Å². The molecule has 1 aromatic heterocycles. The van der Waals surface area contributed by atoms with Gasteiger partial charge in [0.15, 0.2) is 0 Å². The summed E-state index contributed by atoms with van der Waals surface area (Å²) in [6, 6.07) is 0.390. The van der Waals surface area contributed by atoms with Gasteiger partial charge in [-0.25, -0.2) is 0 Å². The van der Waals surface area contributed by atoms with Crippen molar-refractivity contribution in [2.75, 3.05) is 20.3 Å². The fraction of sp³-hybridized carbons (Fsp3) is 0.667. The summed E-state index contributed by atoms with van der Waals surface area (Å²) in [5.41, 5.74) is -1.09. The Labute approximate surface area is 126 Å². The second kappa shape index (κ2) is 6.42. The van der Waals surface area contributed by atoms with Crippen molar-refractivity contribution in [2.45, 2.75) is 44.5 Å². The molecule has 7 heteroatoms. The molecule has 1 aliphatic heterocycles. The average molecular weight is 319 g/mol. The summed E-state index contributed by atoms with van der Waals surface area (Å²) in [6.07, 6.45) is -3.42. The molecule has 0 aromatic carbocycles. The van der Waals surface area contributed by atoms with Crippen LogP contribution in [0.4, 0.5) is 13.2 Å². The maximum absolute atomic E-state index is 13.1. The Morgan fingerprint density at radius 1 is 1.41 bits per heavy atom. The van der Waals surface area contributed by atoms with Crippen LogP contribution in [0.1, 0.15) is 43.4 Å². The molecule has 2 unspecified atom stereocenters. The first-order valence-electron chi connectivity index (χ1n) is 7.19. The Kier molecular flexibility index (Phi) is 4.97. The number of alkyl halides is 3. The summed E-state index contributed by atoms with van der Waals surface area (Å²) in [6.45, 7) is 4.04. The molecule has 0 spiro atoms. The van der Waals surface area contributed by atoms with E-state index in [-0.39, 0.29) is 24.2 Å². The quantitative estimate of drug-likeness (QED) is 0.860. The van der Waals surface area contributed by atoms with E-state index in [1.165, 1.54) is 7.11 Å². The fourth-order valence-electron chi connectivity index (χ4n) is 2.68. The van der Waals surface area contributed by atoms with Gasteiger partial charge in [-0.2, -0.15) is 13.2 Å². The predicted molar refractivity (Wildman–Crippen MR) is 75.1 cm³/mol. The summed E-state index contributed by atoms with van der Waals surface area (Å²) < 4.78 is 51.1. The maximum atomic E-state index is 13.1. The lowest BCUT2D eigenvalue weighted by molar-refractivity contribution is -0.138. The van der Waals surface area contributed by atoms with Gasteiger partial charge in [-0.3, -0.25) is 4.79 Å². The van der Waals surface area contributed by atoms with Gasteiger partial charge in [0.1, 0.15) is 0 Å². The molecule has 124 valence electrons. The molecule has 22 heavy (non-hydrogen) atoms. The third-order valence-corrected chi connectivity index (χ3v) is 3.94. The van der Waals surface area contributed by atoms with Gasteiger partial charge in [0, 0.05) is 25.5 Å². The van der Waals surface area contributed by atoms with Crippen LogP contribution in [0, 0.1) is 0 Å². The van der Waals surface area contributed by atoms with Crippen molar-refractivity contribution in [2.24, 2.45) is 0 Å². The van der Waals surface area contributed by atoms with Crippen molar-refractivity contribution in [1.82, 2.24) is 4.57 Å². The number of halogens is 3. The molecule has 0 radical (unpaired) electrons. The van der Waals surface area contributed by atoms with Crippen LogP contribution in [-0.2, 0) is 15.7 Å². The normalized spacial score (nSPS) is 23.0. The Morgan fingerprint density at radius 3 is 2.64 bits per heavy atom. The van der Waals surface area contributed by atoms with E-state index in [1.807, 2.05) is 0 Å². The number of hydrogen-bond donors (Lipinski definition) is 0. The number of aromatic nitrogens is 1. The maximum Gasteiger partial charge on any atom is 0.417 e. The van der Waals surface area contributed by atoms with Crippen LogP contribution in [0.3, 0.4) is 0 Å². The molecule has 0 amide bonds. The molecule has 0 N–H and O–H groups in total. The fourth-order valence-corrected chi connectivity index (χ4v) is 2.68. The van der Waals surface area contributed by atoms with E-state index >= 15 is 0 Å². The SMILES string of the molecule is COC1CCOCC1n1cc(C(F)(F)F)cc(C(C)C)c1=O. The Hall–Kier alpha value is -1.34. The Balaban J connectivity index is 2.58.